The molecule has 0 amide bonds. The van der Waals surface area contributed by atoms with Crippen LogP contribution in [0.1, 0.15) is 32.6 Å². The first kappa shape index (κ1) is 8.78. The minimum Gasteiger partial charge on any atom is -0.312 e. The van der Waals surface area contributed by atoms with Crippen molar-refractivity contribution < 1.29 is 4.21 Å². The van der Waals surface area contributed by atoms with E-state index in [1.165, 1.54) is 24.8 Å². The summed E-state index contributed by atoms with van der Waals surface area (Å²) >= 11 is 0. The third-order valence-corrected chi connectivity index (χ3v) is 2.94. The number of rotatable bonds is 4. The molecule has 0 saturated heterocycles. The van der Waals surface area contributed by atoms with E-state index in [0.29, 0.717) is 0 Å². The lowest BCUT2D eigenvalue weighted by Crippen LogP contribution is -2.15. The molecular formula is C8H15NOS. The van der Waals surface area contributed by atoms with Crippen molar-refractivity contribution in [3.8, 4) is 0 Å². The van der Waals surface area contributed by atoms with Gasteiger partial charge in [0, 0.05) is 12.0 Å². The summed E-state index contributed by atoms with van der Waals surface area (Å²) in [6, 6.07) is 0. The van der Waals surface area contributed by atoms with Gasteiger partial charge in [0.15, 0.2) is 0 Å². The van der Waals surface area contributed by atoms with Crippen molar-refractivity contribution in [3.63, 3.8) is 0 Å². The first-order valence-corrected chi connectivity index (χ1v) is 5.47. The first-order valence-electron chi connectivity index (χ1n) is 4.15. The Morgan fingerprint density at radius 1 is 1.64 bits per heavy atom. The Morgan fingerprint density at radius 3 is 2.82 bits per heavy atom. The van der Waals surface area contributed by atoms with Crippen molar-refractivity contribution in [3.05, 3.63) is 11.8 Å². The maximum absolute atomic E-state index is 11.0. The van der Waals surface area contributed by atoms with Crippen LogP contribution in [0.5, 0.6) is 0 Å². The normalized spacial score (nSPS) is 18.8. The van der Waals surface area contributed by atoms with Crippen molar-refractivity contribution in [1.82, 2.24) is 4.72 Å². The summed E-state index contributed by atoms with van der Waals surface area (Å²) < 4.78 is 13.9. The van der Waals surface area contributed by atoms with E-state index in [-0.39, 0.29) is 0 Å². The van der Waals surface area contributed by atoms with Gasteiger partial charge in [0.25, 0.3) is 0 Å². The van der Waals surface area contributed by atoms with E-state index >= 15 is 0 Å². The van der Waals surface area contributed by atoms with Crippen molar-refractivity contribution in [2.24, 2.45) is 0 Å². The average Bonchev–Trinajstić information content (AvgIpc) is 1.85. The molecule has 0 spiro atoms. The highest BCUT2D eigenvalue weighted by atomic mass is 32.2. The lowest BCUT2D eigenvalue weighted by molar-refractivity contribution is 0.653. The van der Waals surface area contributed by atoms with Gasteiger partial charge in [-0.1, -0.05) is 12.5 Å². The van der Waals surface area contributed by atoms with Crippen LogP contribution in [0.3, 0.4) is 0 Å². The molecule has 2 nitrogen and oxygen atoms in total. The van der Waals surface area contributed by atoms with Gasteiger partial charge in [-0.3, -0.25) is 0 Å². The van der Waals surface area contributed by atoms with E-state index < -0.39 is 11.0 Å². The van der Waals surface area contributed by atoms with Crippen molar-refractivity contribution in [2.75, 3.05) is 5.75 Å². The van der Waals surface area contributed by atoms with Gasteiger partial charge in [-0.15, -0.1) is 0 Å². The zero-order valence-electron chi connectivity index (χ0n) is 6.93. The molecule has 64 valence electrons. The largest absolute Gasteiger partial charge is 0.312 e. The van der Waals surface area contributed by atoms with Crippen LogP contribution in [-0.2, 0) is 11.0 Å². The second kappa shape index (κ2) is 4.54. The second-order valence-electron chi connectivity index (χ2n) is 2.82. The van der Waals surface area contributed by atoms with Gasteiger partial charge in [0.1, 0.15) is 11.0 Å². The standard InChI is InChI=1S/C8H15NOS/c1-2-6-11(10)9-7-8-4-3-5-8/h7,9H,2-6H2,1H3. The summed E-state index contributed by atoms with van der Waals surface area (Å²) in [5, 5.41) is 0. The molecule has 0 aromatic rings. The minimum atomic E-state index is -0.835. The van der Waals surface area contributed by atoms with Gasteiger partial charge in [-0.05, 0) is 25.7 Å². The number of hydrogen-bond donors (Lipinski definition) is 1. The average molecular weight is 173 g/mol. The lowest BCUT2D eigenvalue weighted by atomic mass is 9.94. The van der Waals surface area contributed by atoms with E-state index in [4.69, 9.17) is 0 Å². The third kappa shape index (κ3) is 3.06. The molecule has 1 N–H and O–H groups in total. The lowest BCUT2D eigenvalue weighted by Gasteiger charge is -2.15. The molecule has 1 rings (SSSR count). The Kier molecular flexibility index (Phi) is 3.63. The highest BCUT2D eigenvalue weighted by molar-refractivity contribution is 7.83. The van der Waals surface area contributed by atoms with E-state index in [2.05, 4.69) is 4.72 Å². The Morgan fingerprint density at radius 2 is 2.36 bits per heavy atom. The van der Waals surface area contributed by atoms with Crippen LogP contribution in [0.15, 0.2) is 11.8 Å². The SMILES string of the molecule is CCCS(=O)NC=C1CCC1. The maximum atomic E-state index is 11.0. The number of allylic oxidation sites excluding steroid dienone is 1. The fourth-order valence-electron chi connectivity index (χ4n) is 0.919. The van der Waals surface area contributed by atoms with Gasteiger partial charge in [-0.2, -0.15) is 0 Å². The Labute approximate surface area is 70.7 Å². The molecular weight excluding hydrogens is 158 g/mol. The van der Waals surface area contributed by atoms with Crippen LogP contribution >= 0.6 is 0 Å². The molecule has 0 aromatic carbocycles. The van der Waals surface area contributed by atoms with Crippen LogP contribution in [0.2, 0.25) is 0 Å². The van der Waals surface area contributed by atoms with E-state index in [1.807, 2.05) is 13.1 Å². The first-order chi connectivity index (χ1) is 5.33. The summed E-state index contributed by atoms with van der Waals surface area (Å²) in [5.74, 6) is 0.754. The van der Waals surface area contributed by atoms with Gasteiger partial charge in [-0.25, -0.2) is 4.21 Å². The monoisotopic (exact) mass is 173 g/mol. The van der Waals surface area contributed by atoms with Gasteiger partial charge in [0.05, 0.1) is 0 Å². The zero-order chi connectivity index (χ0) is 8.10. The van der Waals surface area contributed by atoms with Crippen LogP contribution in [0, 0.1) is 0 Å². The van der Waals surface area contributed by atoms with Crippen LogP contribution in [-0.4, -0.2) is 9.96 Å². The number of hydrogen-bond acceptors (Lipinski definition) is 1. The highest BCUT2D eigenvalue weighted by Crippen LogP contribution is 2.23. The van der Waals surface area contributed by atoms with Crippen molar-refractivity contribution >= 4 is 11.0 Å². The van der Waals surface area contributed by atoms with Gasteiger partial charge >= 0.3 is 0 Å². The molecule has 3 heteroatoms. The summed E-state index contributed by atoms with van der Waals surface area (Å²) in [6.07, 6.45) is 6.58. The van der Waals surface area contributed by atoms with Gasteiger partial charge < -0.3 is 4.72 Å². The second-order valence-corrected chi connectivity index (χ2v) is 4.16. The Bertz CT molecular complexity index is 171. The maximum Gasteiger partial charge on any atom is 0.116 e. The molecule has 1 fully saturated rings. The fraction of sp³-hybridized carbons (Fsp3) is 0.750. The molecule has 0 aromatic heterocycles. The molecule has 1 aliphatic rings. The molecule has 1 saturated carbocycles. The minimum absolute atomic E-state index is 0.754. The van der Waals surface area contributed by atoms with Gasteiger partial charge in [0.2, 0.25) is 0 Å². The molecule has 1 atom stereocenters. The van der Waals surface area contributed by atoms with E-state index in [1.54, 1.807) is 0 Å². The molecule has 11 heavy (non-hydrogen) atoms. The van der Waals surface area contributed by atoms with Crippen molar-refractivity contribution in [2.45, 2.75) is 32.6 Å². The summed E-state index contributed by atoms with van der Waals surface area (Å²) in [5.41, 5.74) is 1.41. The quantitative estimate of drug-likeness (QED) is 0.689. The molecule has 0 radical (unpaired) electrons. The van der Waals surface area contributed by atoms with Crippen molar-refractivity contribution in [1.29, 1.82) is 0 Å². The van der Waals surface area contributed by atoms with Crippen LogP contribution in [0.25, 0.3) is 0 Å². The summed E-state index contributed by atoms with van der Waals surface area (Å²) in [7, 11) is -0.835. The summed E-state index contributed by atoms with van der Waals surface area (Å²) in [6.45, 7) is 2.04. The predicted molar refractivity (Wildman–Crippen MR) is 48.4 cm³/mol. The fourth-order valence-corrected chi connectivity index (χ4v) is 1.71. The van der Waals surface area contributed by atoms with E-state index in [0.717, 1.165) is 12.2 Å². The highest BCUT2D eigenvalue weighted by Gasteiger charge is 2.07. The molecule has 0 heterocycles. The Hall–Kier alpha value is -0.310. The molecule has 0 bridgehead atoms. The molecule has 1 unspecified atom stereocenters. The summed E-state index contributed by atoms with van der Waals surface area (Å²) in [4.78, 5) is 0. The third-order valence-electron chi connectivity index (χ3n) is 1.78. The smallest absolute Gasteiger partial charge is 0.116 e. The van der Waals surface area contributed by atoms with E-state index in [9.17, 15) is 4.21 Å². The number of nitrogens with one attached hydrogen (secondary N) is 1. The Balaban J connectivity index is 2.14. The van der Waals surface area contributed by atoms with Crippen LogP contribution < -0.4 is 4.72 Å². The van der Waals surface area contributed by atoms with Crippen LogP contribution in [0.4, 0.5) is 0 Å². The topological polar surface area (TPSA) is 29.1 Å². The zero-order valence-corrected chi connectivity index (χ0v) is 7.75. The molecule has 1 aliphatic carbocycles. The predicted octanol–water partition coefficient (Wildman–Crippen LogP) is 1.72. The molecule has 0 aliphatic heterocycles.